The van der Waals surface area contributed by atoms with E-state index in [0.717, 1.165) is 95.6 Å². The van der Waals surface area contributed by atoms with Gasteiger partial charge in [-0.25, -0.2) is 0 Å². The van der Waals surface area contributed by atoms with Gasteiger partial charge in [-0.3, -0.25) is 0 Å². The topological polar surface area (TPSA) is 59.5 Å². The van der Waals surface area contributed by atoms with Gasteiger partial charge in [0.25, 0.3) is 0 Å². The van der Waals surface area contributed by atoms with Gasteiger partial charge in [0.2, 0.25) is 0 Å². The standard InChI is InChI=1S/C56H48N2O3S/c1-36-29-44(54(59)52(31-36)57-48-23-11-7-19-40(48)41-20-8-12-24-49(41)57)46-34-39(33-38-17-5-4-6-18-38)35-47(56(46)61-27-15-16-28-62-3)45-30-37(2)32-53(55(45)60)58-50-25-13-9-21-42(50)43-22-10-14-26-51(43)58/h4-14,17-26,29-32,34-35,59-60H,15-16,27-28,33H2,1-3H3. The predicted octanol–water partition coefficient (Wildman–Crippen LogP) is 14.4. The fourth-order valence-electron chi connectivity index (χ4n) is 9.34. The largest absolute Gasteiger partial charge is 0.505 e. The van der Waals surface area contributed by atoms with E-state index in [4.69, 9.17) is 4.74 Å². The second-order valence-electron chi connectivity index (χ2n) is 16.3. The summed E-state index contributed by atoms with van der Waals surface area (Å²) in [5.41, 5.74) is 12.6. The van der Waals surface area contributed by atoms with Crippen molar-refractivity contribution in [3.05, 3.63) is 186 Å². The van der Waals surface area contributed by atoms with Crippen molar-refractivity contribution in [1.29, 1.82) is 0 Å². The highest BCUT2D eigenvalue weighted by Gasteiger charge is 2.26. The first-order valence-corrected chi connectivity index (χ1v) is 22.8. The zero-order chi connectivity index (χ0) is 42.3. The molecular formula is C56H48N2O3S. The number of aryl methyl sites for hydroxylation is 2. The van der Waals surface area contributed by atoms with Gasteiger partial charge in [0.05, 0.1) is 40.0 Å². The van der Waals surface area contributed by atoms with E-state index in [-0.39, 0.29) is 11.5 Å². The second kappa shape index (κ2) is 16.5. The molecule has 0 bridgehead atoms. The van der Waals surface area contributed by atoms with E-state index >= 15 is 0 Å². The van der Waals surface area contributed by atoms with Crippen LogP contribution in [0.25, 0.3) is 77.2 Å². The van der Waals surface area contributed by atoms with Gasteiger partial charge in [0.1, 0.15) is 17.2 Å². The summed E-state index contributed by atoms with van der Waals surface area (Å²) >= 11 is 1.83. The minimum atomic E-state index is 0.164. The van der Waals surface area contributed by atoms with Crippen molar-refractivity contribution in [2.75, 3.05) is 18.6 Å². The smallest absolute Gasteiger partial charge is 0.147 e. The van der Waals surface area contributed by atoms with Gasteiger partial charge in [-0.2, -0.15) is 11.8 Å². The van der Waals surface area contributed by atoms with Gasteiger partial charge in [0.15, 0.2) is 0 Å². The number of phenols is 2. The molecule has 0 unspecified atom stereocenters. The number of hydrogen-bond acceptors (Lipinski definition) is 4. The number of phenolic OH excluding ortho intramolecular Hbond substituents is 2. The van der Waals surface area contributed by atoms with E-state index in [9.17, 15) is 10.2 Å². The Bertz CT molecular complexity index is 2990. The third-order valence-electron chi connectivity index (χ3n) is 12.1. The van der Waals surface area contributed by atoms with Crippen LogP contribution in [0.2, 0.25) is 0 Å². The number of nitrogens with zero attached hydrogens (tertiary/aromatic N) is 2. The van der Waals surface area contributed by atoms with E-state index in [1.54, 1.807) is 0 Å². The molecule has 0 spiro atoms. The summed E-state index contributed by atoms with van der Waals surface area (Å²) in [6.07, 6.45) is 4.66. The van der Waals surface area contributed by atoms with E-state index in [0.29, 0.717) is 41.3 Å². The molecular weight excluding hydrogens is 781 g/mol. The molecule has 0 aliphatic carbocycles. The molecule has 2 heterocycles. The zero-order valence-corrected chi connectivity index (χ0v) is 36.0. The lowest BCUT2D eigenvalue weighted by molar-refractivity contribution is 0.312. The van der Waals surface area contributed by atoms with Gasteiger partial charge in [-0.1, -0.05) is 103 Å². The van der Waals surface area contributed by atoms with Crippen molar-refractivity contribution in [3.63, 3.8) is 0 Å². The number of thioether (sulfide) groups is 1. The molecule has 2 N–H and O–H groups in total. The van der Waals surface area contributed by atoms with Crippen LogP contribution in [0.4, 0.5) is 0 Å². The third kappa shape index (κ3) is 6.94. The highest BCUT2D eigenvalue weighted by atomic mass is 32.2. The quantitative estimate of drug-likeness (QED) is 0.120. The molecule has 62 heavy (non-hydrogen) atoms. The number of para-hydroxylation sites is 4. The van der Waals surface area contributed by atoms with Crippen LogP contribution >= 0.6 is 11.8 Å². The number of aromatic hydroxyl groups is 2. The highest BCUT2D eigenvalue weighted by molar-refractivity contribution is 7.98. The lowest BCUT2D eigenvalue weighted by Crippen LogP contribution is -2.05. The number of aromatic nitrogens is 2. The van der Waals surface area contributed by atoms with Crippen LogP contribution < -0.4 is 4.74 Å². The molecule has 0 radical (unpaired) electrons. The molecule has 10 rings (SSSR count). The Morgan fingerprint density at radius 1 is 0.468 bits per heavy atom. The molecule has 8 aromatic carbocycles. The number of hydrogen-bond donors (Lipinski definition) is 2. The number of ether oxygens (including phenoxy) is 1. The van der Waals surface area contributed by atoms with Crippen molar-refractivity contribution in [3.8, 4) is 50.9 Å². The molecule has 0 atom stereocenters. The number of fused-ring (bicyclic) bond motifs is 6. The summed E-state index contributed by atoms with van der Waals surface area (Å²) in [5.74, 6) is 2.00. The van der Waals surface area contributed by atoms with Gasteiger partial charge in [-0.05, 0) is 128 Å². The Balaban J connectivity index is 1.25. The van der Waals surface area contributed by atoms with Crippen LogP contribution in [0.5, 0.6) is 17.2 Å². The molecule has 0 aliphatic heterocycles. The molecule has 10 aromatic rings. The number of rotatable bonds is 12. The molecule has 0 saturated heterocycles. The lowest BCUT2D eigenvalue weighted by atomic mass is 9.90. The summed E-state index contributed by atoms with van der Waals surface area (Å²) in [5, 5.41) is 30.1. The molecule has 0 fully saturated rings. The first kappa shape index (κ1) is 39.3. The summed E-state index contributed by atoms with van der Waals surface area (Å²) < 4.78 is 11.4. The summed E-state index contributed by atoms with van der Waals surface area (Å²) in [7, 11) is 0. The molecule has 306 valence electrons. The fourth-order valence-corrected chi connectivity index (χ4v) is 9.83. The van der Waals surface area contributed by atoms with Gasteiger partial charge >= 0.3 is 0 Å². The molecule has 6 heteroatoms. The molecule has 5 nitrogen and oxygen atoms in total. The summed E-state index contributed by atoms with van der Waals surface area (Å²) in [4.78, 5) is 0. The minimum Gasteiger partial charge on any atom is -0.505 e. The van der Waals surface area contributed by atoms with Crippen LogP contribution in [0.1, 0.15) is 35.1 Å². The minimum absolute atomic E-state index is 0.164. The van der Waals surface area contributed by atoms with Gasteiger partial charge in [0, 0.05) is 43.8 Å². The highest BCUT2D eigenvalue weighted by Crippen LogP contribution is 2.50. The van der Waals surface area contributed by atoms with Crippen LogP contribution in [-0.2, 0) is 6.42 Å². The van der Waals surface area contributed by atoms with Crippen molar-refractivity contribution >= 4 is 55.4 Å². The second-order valence-corrected chi connectivity index (χ2v) is 17.3. The Hall–Kier alpha value is -6.89. The molecule has 0 saturated carbocycles. The third-order valence-corrected chi connectivity index (χ3v) is 12.8. The van der Waals surface area contributed by atoms with Crippen LogP contribution in [0, 0.1) is 13.8 Å². The molecule has 0 amide bonds. The fraction of sp³-hybridized carbons (Fsp3) is 0.143. The van der Waals surface area contributed by atoms with E-state index in [2.05, 4.69) is 187 Å². The maximum atomic E-state index is 12.8. The van der Waals surface area contributed by atoms with Gasteiger partial charge < -0.3 is 24.1 Å². The molecule has 2 aromatic heterocycles. The SMILES string of the molecule is CSCCCCOc1c(-c2cc(C)cc(-n3c4ccccc4c4ccccc43)c2O)cc(Cc2ccccc2)cc1-c1cc(C)cc(-n2c3ccccc3c3ccccc32)c1O. The zero-order valence-electron chi connectivity index (χ0n) is 35.2. The first-order valence-electron chi connectivity index (χ1n) is 21.4. The lowest BCUT2D eigenvalue weighted by Gasteiger charge is -2.23. The average molecular weight is 829 g/mol. The molecule has 0 aliphatic rings. The normalized spacial score (nSPS) is 11.7. The Kier molecular flexibility index (Phi) is 10.5. The van der Waals surface area contributed by atoms with Crippen LogP contribution in [0.3, 0.4) is 0 Å². The van der Waals surface area contributed by atoms with Crippen molar-refractivity contribution in [2.24, 2.45) is 0 Å². The van der Waals surface area contributed by atoms with Gasteiger partial charge in [-0.15, -0.1) is 0 Å². The maximum Gasteiger partial charge on any atom is 0.147 e. The average Bonchev–Trinajstić information content (AvgIpc) is 3.81. The first-order chi connectivity index (χ1) is 30.4. The van der Waals surface area contributed by atoms with E-state index in [1.807, 2.05) is 17.8 Å². The van der Waals surface area contributed by atoms with Crippen LogP contribution in [-0.4, -0.2) is 38.0 Å². The predicted molar refractivity (Wildman–Crippen MR) is 261 cm³/mol. The summed E-state index contributed by atoms with van der Waals surface area (Å²) in [6.45, 7) is 4.65. The Labute approximate surface area is 366 Å². The summed E-state index contributed by atoms with van der Waals surface area (Å²) in [6, 6.07) is 56.6. The van der Waals surface area contributed by atoms with Crippen molar-refractivity contribution in [1.82, 2.24) is 9.13 Å². The van der Waals surface area contributed by atoms with E-state index in [1.165, 1.54) is 0 Å². The monoisotopic (exact) mass is 828 g/mol. The maximum absolute atomic E-state index is 12.8. The van der Waals surface area contributed by atoms with Crippen LogP contribution in [0.15, 0.2) is 164 Å². The Morgan fingerprint density at radius 2 is 0.887 bits per heavy atom. The van der Waals surface area contributed by atoms with Crippen molar-refractivity contribution < 1.29 is 14.9 Å². The number of unbranched alkanes of at least 4 members (excludes halogenated alkanes) is 1. The number of benzene rings is 8. The van der Waals surface area contributed by atoms with Crippen molar-refractivity contribution in [2.45, 2.75) is 33.1 Å². The Morgan fingerprint density at radius 3 is 1.32 bits per heavy atom. The van der Waals surface area contributed by atoms with E-state index < -0.39 is 0 Å².